The van der Waals surface area contributed by atoms with Gasteiger partial charge in [-0.2, -0.15) is 4.98 Å². The maximum atomic E-state index is 9.52. The lowest BCUT2D eigenvalue weighted by Gasteiger charge is -2.26. The van der Waals surface area contributed by atoms with Gasteiger partial charge in [0.15, 0.2) is 5.82 Å². The van der Waals surface area contributed by atoms with Gasteiger partial charge in [-0.15, -0.1) is 11.3 Å². The Bertz CT molecular complexity index is 526. The summed E-state index contributed by atoms with van der Waals surface area (Å²) in [7, 11) is 0. The Morgan fingerprint density at radius 1 is 1.40 bits per heavy atom. The van der Waals surface area contributed by atoms with Crippen LogP contribution < -0.4 is 0 Å². The summed E-state index contributed by atoms with van der Waals surface area (Å²) >= 11 is 1.59. The van der Waals surface area contributed by atoms with Gasteiger partial charge < -0.3 is 9.63 Å². The molecule has 1 aliphatic heterocycles. The third-order valence-corrected chi connectivity index (χ3v) is 4.61. The van der Waals surface area contributed by atoms with E-state index in [2.05, 4.69) is 15.0 Å². The molecule has 0 aromatic carbocycles. The van der Waals surface area contributed by atoms with E-state index in [1.165, 1.54) is 19.3 Å². The highest BCUT2D eigenvalue weighted by molar-refractivity contribution is 7.13. The first kappa shape index (κ1) is 13.7. The van der Waals surface area contributed by atoms with Crippen molar-refractivity contribution < 1.29 is 9.63 Å². The molecule has 1 atom stereocenters. The van der Waals surface area contributed by atoms with Crippen molar-refractivity contribution in [1.29, 1.82) is 0 Å². The van der Waals surface area contributed by atoms with E-state index in [1.54, 1.807) is 11.3 Å². The third kappa shape index (κ3) is 3.08. The van der Waals surface area contributed by atoms with E-state index in [0.717, 1.165) is 17.8 Å². The number of aliphatic hydroxyl groups is 1. The molecule has 20 heavy (non-hydrogen) atoms. The van der Waals surface area contributed by atoms with Crippen LogP contribution in [0.25, 0.3) is 10.8 Å². The Kier molecular flexibility index (Phi) is 4.44. The lowest BCUT2D eigenvalue weighted by Crippen LogP contribution is -2.37. The largest absolute Gasteiger partial charge is 0.395 e. The number of hydrogen-bond acceptors (Lipinski definition) is 6. The second kappa shape index (κ2) is 6.47. The van der Waals surface area contributed by atoms with Crippen LogP contribution in [0.5, 0.6) is 0 Å². The molecule has 0 amide bonds. The molecule has 108 valence electrons. The Morgan fingerprint density at radius 3 is 3.15 bits per heavy atom. The van der Waals surface area contributed by atoms with Gasteiger partial charge in [0.05, 0.1) is 18.0 Å². The van der Waals surface area contributed by atoms with Crippen LogP contribution >= 0.6 is 11.3 Å². The molecule has 5 nitrogen and oxygen atoms in total. The van der Waals surface area contributed by atoms with Gasteiger partial charge in [-0.3, -0.25) is 4.90 Å². The Labute approximate surface area is 122 Å². The van der Waals surface area contributed by atoms with Crippen molar-refractivity contribution in [2.75, 3.05) is 13.2 Å². The number of aliphatic hydroxyl groups excluding tert-OH is 1. The first-order valence-corrected chi connectivity index (χ1v) is 7.96. The number of rotatable bonds is 4. The summed E-state index contributed by atoms with van der Waals surface area (Å²) in [6.07, 6.45) is 4.65. The summed E-state index contributed by atoms with van der Waals surface area (Å²) in [6.45, 7) is 1.85. The normalized spacial score (nSPS) is 20.9. The molecule has 6 heteroatoms. The smallest absolute Gasteiger partial charge is 0.268 e. The van der Waals surface area contributed by atoms with Gasteiger partial charge in [-0.1, -0.05) is 24.1 Å². The van der Waals surface area contributed by atoms with Crippen LogP contribution in [0.15, 0.2) is 22.0 Å². The quantitative estimate of drug-likeness (QED) is 0.938. The molecule has 3 rings (SSSR count). The Morgan fingerprint density at radius 2 is 2.35 bits per heavy atom. The van der Waals surface area contributed by atoms with Crippen LogP contribution in [0.4, 0.5) is 0 Å². The Balaban J connectivity index is 1.70. The number of likely N-dealkylation sites (tertiary alicyclic amines) is 1. The first-order chi connectivity index (χ1) is 9.86. The molecule has 0 radical (unpaired) electrons. The summed E-state index contributed by atoms with van der Waals surface area (Å²) in [5, 5.41) is 15.6. The van der Waals surface area contributed by atoms with Gasteiger partial charge in [-0.25, -0.2) is 0 Å². The highest BCUT2D eigenvalue weighted by Gasteiger charge is 2.22. The summed E-state index contributed by atoms with van der Waals surface area (Å²) in [5.41, 5.74) is 0. The molecule has 0 bridgehead atoms. The van der Waals surface area contributed by atoms with Crippen molar-refractivity contribution in [3.63, 3.8) is 0 Å². The fourth-order valence-electron chi connectivity index (χ4n) is 2.65. The SMILES string of the molecule is OCC1CCCCCN1Cc1noc(-c2cccs2)n1. The van der Waals surface area contributed by atoms with Crippen LogP contribution in [-0.4, -0.2) is 39.3 Å². The zero-order valence-electron chi connectivity index (χ0n) is 11.4. The standard InChI is InChI=1S/C14H19N3O2S/c18-10-11-5-2-1-3-7-17(11)9-13-15-14(19-16-13)12-6-4-8-20-12/h4,6,8,11,18H,1-3,5,7,9-10H2. The summed E-state index contributed by atoms with van der Waals surface area (Å²) in [6, 6.07) is 4.17. The van der Waals surface area contributed by atoms with Crippen LogP contribution in [0.1, 0.15) is 31.5 Å². The van der Waals surface area contributed by atoms with Crippen molar-refractivity contribution in [1.82, 2.24) is 15.0 Å². The van der Waals surface area contributed by atoms with Gasteiger partial charge in [-0.05, 0) is 30.8 Å². The molecule has 3 heterocycles. The van der Waals surface area contributed by atoms with Gasteiger partial charge in [0.1, 0.15) is 0 Å². The number of aromatic nitrogens is 2. The van der Waals surface area contributed by atoms with Crippen molar-refractivity contribution in [2.45, 2.75) is 38.3 Å². The van der Waals surface area contributed by atoms with E-state index in [4.69, 9.17) is 4.52 Å². The van der Waals surface area contributed by atoms with Gasteiger partial charge in [0.2, 0.25) is 0 Å². The minimum absolute atomic E-state index is 0.204. The van der Waals surface area contributed by atoms with Gasteiger partial charge in [0, 0.05) is 6.04 Å². The minimum atomic E-state index is 0.204. The molecule has 1 unspecified atom stereocenters. The van der Waals surface area contributed by atoms with Gasteiger partial charge >= 0.3 is 0 Å². The molecular formula is C14H19N3O2S. The lowest BCUT2D eigenvalue weighted by atomic mass is 10.1. The summed E-state index contributed by atoms with van der Waals surface area (Å²) in [4.78, 5) is 7.73. The highest BCUT2D eigenvalue weighted by atomic mass is 32.1. The predicted octanol–water partition coefficient (Wildman–Crippen LogP) is 2.54. The van der Waals surface area contributed by atoms with Crippen molar-refractivity contribution >= 4 is 11.3 Å². The number of nitrogens with zero attached hydrogens (tertiary/aromatic N) is 3. The van der Waals surface area contributed by atoms with E-state index in [1.807, 2.05) is 17.5 Å². The fourth-order valence-corrected chi connectivity index (χ4v) is 3.30. The topological polar surface area (TPSA) is 62.4 Å². The maximum Gasteiger partial charge on any atom is 0.268 e. The van der Waals surface area contributed by atoms with Crippen LogP contribution in [0.3, 0.4) is 0 Å². The average molecular weight is 293 g/mol. The summed E-state index contributed by atoms with van der Waals surface area (Å²) in [5.74, 6) is 1.29. The zero-order valence-corrected chi connectivity index (χ0v) is 12.2. The molecule has 1 fully saturated rings. The minimum Gasteiger partial charge on any atom is -0.395 e. The molecule has 0 saturated carbocycles. The predicted molar refractivity (Wildman–Crippen MR) is 77.4 cm³/mol. The van der Waals surface area contributed by atoms with E-state index < -0.39 is 0 Å². The van der Waals surface area contributed by atoms with Crippen molar-refractivity contribution in [3.05, 3.63) is 23.3 Å². The van der Waals surface area contributed by atoms with E-state index in [9.17, 15) is 5.11 Å². The highest BCUT2D eigenvalue weighted by Crippen LogP contribution is 2.23. The fraction of sp³-hybridized carbons (Fsp3) is 0.571. The molecule has 1 aliphatic rings. The zero-order chi connectivity index (χ0) is 13.8. The Hall–Kier alpha value is -1.24. The van der Waals surface area contributed by atoms with E-state index >= 15 is 0 Å². The van der Waals surface area contributed by atoms with Gasteiger partial charge in [0.25, 0.3) is 5.89 Å². The molecule has 2 aromatic rings. The maximum absolute atomic E-state index is 9.52. The van der Waals surface area contributed by atoms with E-state index in [0.29, 0.717) is 18.3 Å². The molecule has 0 spiro atoms. The third-order valence-electron chi connectivity index (χ3n) is 3.75. The monoisotopic (exact) mass is 293 g/mol. The van der Waals surface area contributed by atoms with Crippen LogP contribution in [0, 0.1) is 0 Å². The van der Waals surface area contributed by atoms with Crippen molar-refractivity contribution in [3.8, 4) is 10.8 Å². The average Bonchev–Trinajstić information content (AvgIpc) is 3.08. The first-order valence-electron chi connectivity index (χ1n) is 7.08. The number of thiophene rings is 1. The molecular weight excluding hydrogens is 274 g/mol. The molecule has 2 aromatic heterocycles. The molecule has 1 N–H and O–H groups in total. The molecule has 1 saturated heterocycles. The summed E-state index contributed by atoms with van der Waals surface area (Å²) < 4.78 is 5.31. The van der Waals surface area contributed by atoms with E-state index in [-0.39, 0.29) is 12.6 Å². The second-order valence-electron chi connectivity index (χ2n) is 5.15. The lowest BCUT2D eigenvalue weighted by molar-refractivity contribution is 0.115. The second-order valence-corrected chi connectivity index (χ2v) is 6.10. The number of hydrogen-bond donors (Lipinski definition) is 1. The van der Waals surface area contributed by atoms with Crippen LogP contribution in [-0.2, 0) is 6.54 Å². The molecule has 0 aliphatic carbocycles. The van der Waals surface area contributed by atoms with Crippen LogP contribution in [0.2, 0.25) is 0 Å². The van der Waals surface area contributed by atoms with Crippen molar-refractivity contribution in [2.24, 2.45) is 0 Å².